The van der Waals surface area contributed by atoms with Crippen LogP contribution in [0.2, 0.25) is 0 Å². The first kappa shape index (κ1) is 13.2. The molecular formula is C15H24O. The van der Waals surface area contributed by atoms with Gasteiger partial charge in [0.05, 0.1) is 0 Å². The molecule has 1 heteroatoms. The van der Waals surface area contributed by atoms with Crippen molar-refractivity contribution in [1.29, 1.82) is 0 Å². The molecule has 0 N–H and O–H groups in total. The Labute approximate surface area is 99.6 Å². The van der Waals surface area contributed by atoms with Gasteiger partial charge >= 0.3 is 0 Å². The summed E-state index contributed by atoms with van der Waals surface area (Å²) in [5, 5.41) is 0. The molecule has 1 nitrogen and oxygen atoms in total. The van der Waals surface area contributed by atoms with Crippen molar-refractivity contribution in [2.75, 3.05) is 0 Å². The van der Waals surface area contributed by atoms with Gasteiger partial charge in [0.25, 0.3) is 0 Å². The van der Waals surface area contributed by atoms with Gasteiger partial charge in [0.15, 0.2) is 5.78 Å². The van der Waals surface area contributed by atoms with Gasteiger partial charge in [-0.3, -0.25) is 4.79 Å². The molecule has 0 aromatic carbocycles. The van der Waals surface area contributed by atoms with E-state index in [0.717, 1.165) is 6.42 Å². The van der Waals surface area contributed by atoms with Gasteiger partial charge < -0.3 is 0 Å². The number of allylic oxidation sites excluding steroid dienone is 4. The number of carbonyl (C=O) groups is 1. The normalized spacial score (nSPS) is 24.5. The van der Waals surface area contributed by atoms with Crippen LogP contribution in [0.3, 0.4) is 0 Å². The Morgan fingerprint density at radius 2 is 2.25 bits per heavy atom. The van der Waals surface area contributed by atoms with Crippen molar-refractivity contribution >= 4 is 5.78 Å². The van der Waals surface area contributed by atoms with Crippen LogP contribution in [0, 0.1) is 11.3 Å². The van der Waals surface area contributed by atoms with E-state index in [1.807, 2.05) is 6.92 Å². The van der Waals surface area contributed by atoms with E-state index in [4.69, 9.17) is 0 Å². The standard InChI is InChI=1S/C15H24O/c1-5-13(16)9-6-10-14-12(2)8-7-11-15(14,3)4/h6,8-9,14H,5,7,10-11H2,1-4H3/b9-6+. The molecule has 1 unspecified atom stereocenters. The Hall–Kier alpha value is -0.850. The van der Waals surface area contributed by atoms with Gasteiger partial charge in [-0.05, 0) is 43.6 Å². The van der Waals surface area contributed by atoms with Crippen LogP contribution in [0.25, 0.3) is 0 Å². The van der Waals surface area contributed by atoms with Crippen LogP contribution in [-0.2, 0) is 4.79 Å². The minimum Gasteiger partial charge on any atom is -0.295 e. The number of hydrogen-bond acceptors (Lipinski definition) is 1. The average Bonchev–Trinajstić information content (AvgIpc) is 2.21. The van der Waals surface area contributed by atoms with E-state index in [0.29, 0.717) is 17.8 Å². The molecule has 0 amide bonds. The zero-order valence-corrected chi connectivity index (χ0v) is 11.0. The molecule has 0 saturated carbocycles. The Bertz CT molecular complexity index is 307. The molecule has 0 aromatic heterocycles. The van der Waals surface area contributed by atoms with Crippen LogP contribution in [0.5, 0.6) is 0 Å². The van der Waals surface area contributed by atoms with Crippen molar-refractivity contribution in [3.63, 3.8) is 0 Å². The highest BCUT2D eigenvalue weighted by molar-refractivity contribution is 5.89. The third kappa shape index (κ3) is 3.33. The van der Waals surface area contributed by atoms with Crippen LogP contribution in [-0.4, -0.2) is 5.78 Å². The van der Waals surface area contributed by atoms with E-state index in [-0.39, 0.29) is 5.78 Å². The maximum atomic E-state index is 11.2. The summed E-state index contributed by atoms with van der Waals surface area (Å²) in [6, 6.07) is 0. The van der Waals surface area contributed by atoms with E-state index in [1.54, 1.807) is 6.08 Å². The predicted molar refractivity (Wildman–Crippen MR) is 69.3 cm³/mol. The summed E-state index contributed by atoms with van der Waals surface area (Å²) in [5.74, 6) is 0.831. The Morgan fingerprint density at radius 1 is 1.56 bits per heavy atom. The van der Waals surface area contributed by atoms with Crippen molar-refractivity contribution < 1.29 is 4.79 Å². The Balaban J connectivity index is 2.64. The van der Waals surface area contributed by atoms with Crippen molar-refractivity contribution in [3.8, 4) is 0 Å². The van der Waals surface area contributed by atoms with Crippen LogP contribution < -0.4 is 0 Å². The summed E-state index contributed by atoms with van der Waals surface area (Å²) in [6.07, 6.45) is 10.2. The van der Waals surface area contributed by atoms with Crippen LogP contribution in [0.1, 0.15) is 53.4 Å². The number of rotatable bonds is 4. The topological polar surface area (TPSA) is 17.1 Å². The molecule has 90 valence electrons. The fourth-order valence-corrected chi connectivity index (χ4v) is 2.56. The molecule has 16 heavy (non-hydrogen) atoms. The second-order valence-corrected chi connectivity index (χ2v) is 5.49. The van der Waals surface area contributed by atoms with Crippen molar-refractivity contribution in [2.45, 2.75) is 53.4 Å². The second-order valence-electron chi connectivity index (χ2n) is 5.49. The number of hydrogen-bond donors (Lipinski definition) is 0. The molecular weight excluding hydrogens is 196 g/mol. The van der Waals surface area contributed by atoms with Gasteiger partial charge in [-0.1, -0.05) is 38.5 Å². The summed E-state index contributed by atoms with van der Waals surface area (Å²) in [5.41, 5.74) is 1.86. The number of carbonyl (C=O) groups excluding carboxylic acids is 1. The first-order valence-corrected chi connectivity index (χ1v) is 6.33. The van der Waals surface area contributed by atoms with E-state index < -0.39 is 0 Å². The third-order valence-electron chi connectivity index (χ3n) is 3.77. The summed E-state index contributed by atoms with van der Waals surface area (Å²) < 4.78 is 0. The molecule has 0 spiro atoms. The average molecular weight is 220 g/mol. The summed E-state index contributed by atoms with van der Waals surface area (Å²) in [4.78, 5) is 11.2. The smallest absolute Gasteiger partial charge is 0.155 e. The lowest BCUT2D eigenvalue weighted by molar-refractivity contribution is -0.114. The number of ketones is 1. The minimum atomic E-state index is 0.232. The summed E-state index contributed by atoms with van der Waals surface area (Å²) in [6.45, 7) is 8.80. The van der Waals surface area contributed by atoms with E-state index in [1.165, 1.54) is 18.4 Å². The molecule has 1 atom stereocenters. The maximum absolute atomic E-state index is 11.2. The fraction of sp³-hybridized carbons (Fsp3) is 0.667. The lowest BCUT2D eigenvalue weighted by atomic mass is 9.67. The van der Waals surface area contributed by atoms with Crippen molar-refractivity contribution in [1.82, 2.24) is 0 Å². The van der Waals surface area contributed by atoms with Gasteiger partial charge in [0.1, 0.15) is 0 Å². The fourth-order valence-electron chi connectivity index (χ4n) is 2.56. The third-order valence-corrected chi connectivity index (χ3v) is 3.77. The molecule has 1 rings (SSSR count). The van der Waals surface area contributed by atoms with E-state index >= 15 is 0 Å². The van der Waals surface area contributed by atoms with Crippen LogP contribution >= 0.6 is 0 Å². The quantitative estimate of drug-likeness (QED) is 0.510. The minimum absolute atomic E-state index is 0.232. The highest BCUT2D eigenvalue weighted by Gasteiger charge is 2.31. The lowest BCUT2D eigenvalue weighted by Gasteiger charge is -2.38. The first-order valence-electron chi connectivity index (χ1n) is 6.33. The summed E-state index contributed by atoms with van der Waals surface area (Å²) in [7, 11) is 0. The van der Waals surface area contributed by atoms with Gasteiger partial charge in [-0.15, -0.1) is 0 Å². The van der Waals surface area contributed by atoms with E-state index in [9.17, 15) is 4.79 Å². The summed E-state index contributed by atoms with van der Waals surface area (Å²) >= 11 is 0. The largest absolute Gasteiger partial charge is 0.295 e. The SMILES string of the molecule is CCC(=O)/C=C/CC1C(C)=CCCC1(C)C. The molecule has 0 aliphatic heterocycles. The zero-order chi connectivity index (χ0) is 12.2. The van der Waals surface area contributed by atoms with Gasteiger partial charge in [0.2, 0.25) is 0 Å². The Morgan fingerprint density at radius 3 is 2.81 bits per heavy atom. The molecule has 0 aromatic rings. The molecule has 1 aliphatic carbocycles. The van der Waals surface area contributed by atoms with Crippen LogP contribution in [0.15, 0.2) is 23.8 Å². The van der Waals surface area contributed by atoms with Gasteiger partial charge in [-0.2, -0.15) is 0 Å². The monoisotopic (exact) mass is 220 g/mol. The molecule has 1 aliphatic rings. The highest BCUT2D eigenvalue weighted by atomic mass is 16.1. The van der Waals surface area contributed by atoms with E-state index in [2.05, 4.69) is 32.9 Å². The predicted octanol–water partition coefficient (Wildman–Crippen LogP) is 4.29. The molecule has 0 saturated heterocycles. The van der Waals surface area contributed by atoms with Crippen molar-refractivity contribution in [3.05, 3.63) is 23.8 Å². The molecule has 0 radical (unpaired) electrons. The maximum Gasteiger partial charge on any atom is 0.155 e. The molecule has 0 heterocycles. The van der Waals surface area contributed by atoms with Gasteiger partial charge in [0, 0.05) is 6.42 Å². The second kappa shape index (κ2) is 5.47. The van der Waals surface area contributed by atoms with Crippen molar-refractivity contribution in [2.24, 2.45) is 11.3 Å². The van der Waals surface area contributed by atoms with Crippen LogP contribution in [0.4, 0.5) is 0 Å². The Kier molecular flexibility index (Phi) is 4.52. The molecule has 0 fully saturated rings. The lowest BCUT2D eigenvalue weighted by Crippen LogP contribution is -2.27. The zero-order valence-electron chi connectivity index (χ0n) is 11.0. The molecule has 0 bridgehead atoms. The highest BCUT2D eigenvalue weighted by Crippen LogP contribution is 2.42. The first-order chi connectivity index (χ1) is 7.47. The van der Waals surface area contributed by atoms with Gasteiger partial charge in [-0.25, -0.2) is 0 Å².